The van der Waals surface area contributed by atoms with E-state index in [1.54, 1.807) is 0 Å². The van der Waals surface area contributed by atoms with E-state index in [1.807, 2.05) is 13.8 Å². The number of piperazine rings is 1. The van der Waals surface area contributed by atoms with Gasteiger partial charge in [-0.05, 0) is 20.8 Å². The number of ether oxygens (including phenoxy) is 1. The molecule has 4 heteroatoms. The van der Waals surface area contributed by atoms with Crippen LogP contribution in [0.25, 0.3) is 0 Å². The number of carbonyl (C=O) groups excluding carboxylic acids is 1. The van der Waals surface area contributed by atoms with Gasteiger partial charge in [-0.25, -0.2) is 0 Å². The topological polar surface area (TPSA) is 41.6 Å². The third kappa shape index (κ3) is 3.64. The van der Waals surface area contributed by atoms with Crippen LogP contribution in [-0.2, 0) is 9.53 Å². The Labute approximate surface area is 85.6 Å². The summed E-state index contributed by atoms with van der Waals surface area (Å²) in [5, 5.41) is 3.28. The van der Waals surface area contributed by atoms with Crippen LogP contribution >= 0.6 is 0 Å². The molecule has 0 spiro atoms. The minimum Gasteiger partial charge on any atom is -0.462 e. The molecule has 1 N–H and O–H groups in total. The van der Waals surface area contributed by atoms with Crippen LogP contribution in [0, 0.1) is 0 Å². The van der Waals surface area contributed by atoms with Crippen molar-refractivity contribution in [1.29, 1.82) is 0 Å². The average molecular weight is 200 g/mol. The first-order chi connectivity index (χ1) is 6.59. The first-order valence-corrected chi connectivity index (χ1v) is 5.24. The molecule has 1 atom stereocenters. The van der Waals surface area contributed by atoms with Crippen LogP contribution in [0.15, 0.2) is 0 Å². The summed E-state index contributed by atoms with van der Waals surface area (Å²) in [6.07, 6.45) is -0.0132. The van der Waals surface area contributed by atoms with Gasteiger partial charge in [-0.1, -0.05) is 0 Å². The van der Waals surface area contributed by atoms with E-state index in [0.29, 0.717) is 12.6 Å². The number of nitrogens with zero attached hydrogens (tertiary/aromatic N) is 1. The van der Waals surface area contributed by atoms with Gasteiger partial charge in [0.25, 0.3) is 0 Å². The van der Waals surface area contributed by atoms with Crippen LogP contribution in [0.5, 0.6) is 0 Å². The number of hydrogen-bond donors (Lipinski definition) is 1. The van der Waals surface area contributed by atoms with Gasteiger partial charge < -0.3 is 10.1 Å². The van der Waals surface area contributed by atoms with E-state index in [2.05, 4.69) is 17.1 Å². The van der Waals surface area contributed by atoms with Gasteiger partial charge in [-0.2, -0.15) is 0 Å². The molecule has 4 nitrogen and oxygen atoms in total. The van der Waals surface area contributed by atoms with E-state index in [9.17, 15) is 4.79 Å². The molecular formula is C10H20N2O2. The first kappa shape index (κ1) is 11.5. The minimum atomic E-state index is -0.117. The maximum Gasteiger partial charge on any atom is 0.320 e. The van der Waals surface area contributed by atoms with Crippen molar-refractivity contribution in [2.24, 2.45) is 0 Å². The van der Waals surface area contributed by atoms with Crippen LogP contribution in [0.3, 0.4) is 0 Å². The SMILES string of the molecule is CC(C)OC(=O)CN1CCNC[C@H]1C. The Morgan fingerprint density at radius 2 is 2.36 bits per heavy atom. The monoisotopic (exact) mass is 200 g/mol. The van der Waals surface area contributed by atoms with Gasteiger partial charge in [0.05, 0.1) is 12.6 Å². The maximum absolute atomic E-state index is 11.4. The molecule has 14 heavy (non-hydrogen) atoms. The normalized spacial score (nSPS) is 23.9. The van der Waals surface area contributed by atoms with Crippen LogP contribution < -0.4 is 5.32 Å². The smallest absolute Gasteiger partial charge is 0.320 e. The van der Waals surface area contributed by atoms with Gasteiger partial charge in [0, 0.05) is 25.7 Å². The van der Waals surface area contributed by atoms with Crippen molar-refractivity contribution < 1.29 is 9.53 Å². The fourth-order valence-corrected chi connectivity index (χ4v) is 1.58. The fourth-order valence-electron chi connectivity index (χ4n) is 1.58. The first-order valence-electron chi connectivity index (χ1n) is 5.24. The van der Waals surface area contributed by atoms with Crippen LogP contribution in [0.2, 0.25) is 0 Å². The molecule has 1 aliphatic rings. The molecule has 0 aliphatic carbocycles. The summed E-state index contributed by atoms with van der Waals surface area (Å²) in [5.74, 6) is -0.117. The summed E-state index contributed by atoms with van der Waals surface area (Å²) in [6.45, 7) is 9.12. The molecule has 0 radical (unpaired) electrons. The van der Waals surface area contributed by atoms with Gasteiger partial charge in [0.15, 0.2) is 0 Å². The van der Waals surface area contributed by atoms with Gasteiger partial charge in [-0.3, -0.25) is 9.69 Å². The molecule has 1 fully saturated rings. The highest BCUT2D eigenvalue weighted by Crippen LogP contribution is 2.02. The lowest BCUT2D eigenvalue weighted by Crippen LogP contribution is -2.51. The minimum absolute atomic E-state index is 0.0132. The lowest BCUT2D eigenvalue weighted by molar-refractivity contribution is -0.149. The van der Waals surface area contributed by atoms with Gasteiger partial charge in [0.2, 0.25) is 0 Å². The summed E-state index contributed by atoms with van der Waals surface area (Å²) in [4.78, 5) is 13.5. The van der Waals surface area contributed by atoms with Crippen LogP contribution in [0.4, 0.5) is 0 Å². The highest BCUT2D eigenvalue weighted by atomic mass is 16.5. The number of hydrogen-bond acceptors (Lipinski definition) is 4. The van der Waals surface area contributed by atoms with E-state index >= 15 is 0 Å². The second-order valence-corrected chi connectivity index (χ2v) is 4.06. The molecule has 0 aromatic carbocycles. The van der Waals surface area contributed by atoms with Gasteiger partial charge in [0.1, 0.15) is 0 Å². The lowest BCUT2D eigenvalue weighted by atomic mass is 10.2. The predicted octanol–water partition coefficient (Wildman–Crippen LogP) is 0.232. The van der Waals surface area contributed by atoms with Crippen molar-refractivity contribution in [3.63, 3.8) is 0 Å². The molecule has 0 saturated carbocycles. The Kier molecular flexibility index (Phi) is 4.35. The van der Waals surface area contributed by atoms with Gasteiger partial charge >= 0.3 is 5.97 Å². The molecule has 1 heterocycles. The number of rotatable bonds is 3. The molecule has 0 amide bonds. The molecule has 0 aromatic heterocycles. The lowest BCUT2D eigenvalue weighted by Gasteiger charge is -2.33. The van der Waals surface area contributed by atoms with Crippen molar-refractivity contribution >= 4 is 5.97 Å². The Hall–Kier alpha value is -0.610. The van der Waals surface area contributed by atoms with Crippen molar-refractivity contribution in [2.75, 3.05) is 26.2 Å². The van der Waals surface area contributed by atoms with E-state index < -0.39 is 0 Å². The van der Waals surface area contributed by atoms with Crippen LogP contribution in [0.1, 0.15) is 20.8 Å². The number of esters is 1. The second-order valence-electron chi connectivity index (χ2n) is 4.06. The Bertz CT molecular complexity index is 195. The zero-order valence-corrected chi connectivity index (χ0v) is 9.25. The van der Waals surface area contributed by atoms with Crippen molar-refractivity contribution in [3.8, 4) is 0 Å². The Balaban J connectivity index is 2.31. The number of carbonyl (C=O) groups is 1. The van der Waals surface area contributed by atoms with Crippen molar-refractivity contribution in [3.05, 3.63) is 0 Å². The third-order valence-corrected chi connectivity index (χ3v) is 2.34. The molecule has 0 unspecified atom stereocenters. The zero-order chi connectivity index (χ0) is 10.6. The summed E-state index contributed by atoms with van der Waals surface area (Å²) < 4.78 is 5.10. The largest absolute Gasteiger partial charge is 0.462 e. The molecule has 1 saturated heterocycles. The molecule has 0 bridgehead atoms. The summed E-state index contributed by atoms with van der Waals surface area (Å²) >= 11 is 0. The standard InChI is InChI=1S/C10H20N2O2/c1-8(2)14-10(13)7-12-5-4-11-6-9(12)3/h8-9,11H,4-7H2,1-3H3/t9-/m1/s1. The molecule has 1 rings (SSSR count). The molecule has 1 aliphatic heterocycles. The van der Waals surface area contributed by atoms with Gasteiger partial charge in [-0.15, -0.1) is 0 Å². The molecule has 82 valence electrons. The average Bonchev–Trinajstić information content (AvgIpc) is 2.07. The zero-order valence-electron chi connectivity index (χ0n) is 9.25. The van der Waals surface area contributed by atoms with E-state index in [-0.39, 0.29) is 12.1 Å². The predicted molar refractivity (Wildman–Crippen MR) is 55.1 cm³/mol. The highest BCUT2D eigenvalue weighted by Gasteiger charge is 2.20. The van der Waals surface area contributed by atoms with Crippen molar-refractivity contribution in [2.45, 2.75) is 32.9 Å². The second kappa shape index (κ2) is 5.32. The number of nitrogens with one attached hydrogen (secondary N) is 1. The van der Waals surface area contributed by atoms with Crippen molar-refractivity contribution in [1.82, 2.24) is 10.2 Å². The fraction of sp³-hybridized carbons (Fsp3) is 0.900. The summed E-state index contributed by atoms with van der Waals surface area (Å²) in [6, 6.07) is 0.420. The third-order valence-electron chi connectivity index (χ3n) is 2.34. The maximum atomic E-state index is 11.4. The Morgan fingerprint density at radius 1 is 1.64 bits per heavy atom. The quantitative estimate of drug-likeness (QED) is 0.662. The highest BCUT2D eigenvalue weighted by molar-refractivity contribution is 5.71. The Morgan fingerprint density at radius 3 is 2.93 bits per heavy atom. The van der Waals surface area contributed by atoms with E-state index in [0.717, 1.165) is 19.6 Å². The summed E-state index contributed by atoms with van der Waals surface area (Å²) in [5.41, 5.74) is 0. The molecular weight excluding hydrogens is 180 g/mol. The van der Waals surface area contributed by atoms with E-state index in [4.69, 9.17) is 4.74 Å². The molecule has 0 aromatic rings. The van der Waals surface area contributed by atoms with Crippen LogP contribution in [-0.4, -0.2) is 49.2 Å². The summed E-state index contributed by atoms with van der Waals surface area (Å²) in [7, 11) is 0. The van der Waals surface area contributed by atoms with E-state index in [1.165, 1.54) is 0 Å².